The van der Waals surface area contributed by atoms with Crippen LogP contribution >= 0.6 is 0 Å². The maximum atomic E-state index is 5.36. The van der Waals surface area contributed by atoms with E-state index < -0.39 is 0 Å². The summed E-state index contributed by atoms with van der Waals surface area (Å²) in [5.41, 5.74) is 12.9. The first-order valence-electron chi connectivity index (χ1n) is 17.7. The molecule has 0 spiro atoms. The summed E-state index contributed by atoms with van der Waals surface area (Å²) in [4.78, 5) is 10.7. The Hall–Kier alpha value is -6.38. The molecule has 0 saturated carbocycles. The Morgan fingerprint density at radius 3 is 1.55 bits per heavy atom. The summed E-state index contributed by atoms with van der Waals surface area (Å²) in [6.07, 6.45) is 0. The molecule has 1 aliphatic carbocycles. The number of benzene rings is 8. The van der Waals surface area contributed by atoms with Crippen molar-refractivity contribution in [2.75, 3.05) is 0 Å². The zero-order chi connectivity index (χ0) is 34.1. The van der Waals surface area contributed by atoms with Crippen LogP contribution in [-0.4, -0.2) is 9.97 Å². The topological polar surface area (TPSA) is 25.8 Å². The Morgan fingerprint density at radius 2 is 0.824 bits per heavy atom. The van der Waals surface area contributed by atoms with E-state index in [0.717, 1.165) is 39.3 Å². The molecule has 2 nitrogen and oxygen atoms in total. The van der Waals surface area contributed by atoms with Crippen molar-refractivity contribution in [3.8, 4) is 56.2 Å². The molecule has 51 heavy (non-hydrogen) atoms. The number of fused-ring (bicyclic) bond motifs is 6. The lowest BCUT2D eigenvalue weighted by molar-refractivity contribution is 0.660. The molecule has 2 heteroatoms. The SMILES string of the molecule is CC1(C)c2ccccc2-c2ccc(-c3ccc(-c4cc(-c5cccc6ccccc56)nc(-c5cccc6ccccc56)n4)c4ccccc34)cc21. The first-order chi connectivity index (χ1) is 25.0. The summed E-state index contributed by atoms with van der Waals surface area (Å²) in [5.74, 6) is 0.723. The maximum Gasteiger partial charge on any atom is 0.161 e. The van der Waals surface area contributed by atoms with Crippen LogP contribution in [0.25, 0.3) is 88.5 Å². The zero-order valence-corrected chi connectivity index (χ0v) is 28.6. The van der Waals surface area contributed by atoms with Crippen molar-refractivity contribution in [1.29, 1.82) is 0 Å². The summed E-state index contributed by atoms with van der Waals surface area (Å²) in [7, 11) is 0. The minimum absolute atomic E-state index is 0.0609. The molecule has 0 N–H and O–H groups in total. The summed E-state index contributed by atoms with van der Waals surface area (Å²) >= 11 is 0. The Bertz CT molecular complexity index is 2740. The van der Waals surface area contributed by atoms with Gasteiger partial charge in [-0.05, 0) is 77.8 Å². The molecule has 0 fully saturated rings. The van der Waals surface area contributed by atoms with Gasteiger partial charge in [-0.3, -0.25) is 0 Å². The van der Waals surface area contributed by atoms with Crippen LogP contribution in [0.5, 0.6) is 0 Å². The number of hydrogen-bond acceptors (Lipinski definition) is 2. The van der Waals surface area contributed by atoms with Crippen molar-refractivity contribution in [1.82, 2.24) is 9.97 Å². The monoisotopic (exact) mass is 650 g/mol. The first kappa shape index (κ1) is 29.5. The smallest absolute Gasteiger partial charge is 0.161 e. The van der Waals surface area contributed by atoms with Crippen LogP contribution in [0.2, 0.25) is 0 Å². The second-order valence-corrected chi connectivity index (χ2v) is 14.2. The van der Waals surface area contributed by atoms with E-state index >= 15 is 0 Å². The molecule has 0 amide bonds. The number of aromatic nitrogens is 2. The quantitative estimate of drug-likeness (QED) is 0.189. The standard InChI is InChI=1S/C49H34N2/c1-49(2)44-24-10-9-21-39(44)40-26-25-33(29-45(40)49)36-27-28-42(38-20-8-7-19-37(36)38)47-30-46(41-22-11-15-31-13-3-5-17-34(31)41)50-48(51-47)43-23-12-16-32-14-4-6-18-35(32)43/h3-30H,1-2H3. The normalized spacial score (nSPS) is 13.1. The van der Waals surface area contributed by atoms with Crippen molar-refractivity contribution in [3.63, 3.8) is 0 Å². The van der Waals surface area contributed by atoms with Gasteiger partial charge in [0, 0.05) is 22.1 Å². The molecule has 8 aromatic carbocycles. The summed E-state index contributed by atoms with van der Waals surface area (Å²) in [6, 6.07) is 61.2. The van der Waals surface area contributed by atoms with Crippen LogP contribution < -0.4 is 0 Å². The van der Waals surface area contributed by atoms with Crippen molar-refractivity contribution >= 4 is 32.3 Å². The molecule has 1 heterocycles. The minimum Gasteiger partial charge on any atom is -0.228 e. The van der Waals surface area contributed by atoms with Crippen molar-refractivity contribution < 1.29 is 0 Å². The summed E-state index contributed by atoms with van der Waals surface area (Å²) in [5, 5.41) is 7.06. The van der Waals surface area contributed by atoms with E-state index in [4.69, 9.17) is 9.97 Å². The zero-order valence-electron chi connectivity index (χ0n) is 28.6. The third-order valence-corrected chi connectivity index (χ3v) is 10.9. The Labute approximate surface area is 297 Å². The molecule has 1 aliphatic rings. The van der Waals surface area contributed by atoms with Crippen molar-refractivity contribution in [2.45, 2.75) is 19.3 Å². The molecule has 0 bridgehead atoms. The van der Waals surface area contributed by atoms with Gasteiger partial charge in [-0.2, -0.15) is 0 Å². The molecule has 240 valence electrons. The van der Waals surface area contributed by atoms with Crippen molar-refractivity contribution in [3.05, 3.63) is 181 Å². The van der Waals surface area contributed by atoms with Crippen LogP contribution in [0, 0.1) is 0 Å². The van der Waals surface area contributed by atoms with E-state index in [1.54, 1.807) is 0 Å². The second-order valence-electron chi connectivity index (χ2n) is 14.2. The van der Waals surface area contributed by atoms with E-state index in [-0.39, 0.29) is 5.41 Å². The maximum absolute atomic E-state index is 5.36. The largest absolute Gasteiger partial charge is 0.228 e. The Balaban J connectivity index is 1.19. The lowest BCUT2D eigenvalue weighted by atomic mass is 9.81. The Kier molecular flexibility index (Phi) is 6.56. The summed E-state index contributed by atoms with van der Waals surface area (Å²) < 4.78 is 0. The van der Waals surface area contributed by atoms with E-state index in [0.29, 0.717) is 0 Å². The van der Waals surface area contributed by atoms with E-state index in [1.807, 2.05) is 0 Å². The van der Waals surface area contributed by atoms with Crippen LogP contribution in [0.4, 0.5) is 0 Å². The highest BCUT2D eigenvalue weighted by Crippen LogP contribution is 2.50. The summed E-state index contributed by atoms with van der Waals surface area (Å²) in [6.45, 7) is 4.69. The van der Waals surface area contributed by atoms with Crippen LogP contribution in [0.3, 0.4) is 0 Å². The van der Waals surface area contributed by atoms with E-state index in [2.05, 4.69) is 184 Å². The fourth-order valence-electron chi connectivity index (χ4n) is 8.36. The van der Waals surface area contributed by atoms with Gasteiger partial charge in [0.15, 0.2) is 5.82 Å². The molecule has 10 rings (SSSR count). The average Bonchev–Trinajstić information content (AvgIpc) is 3.42. The lowest BCUT2D eigenvalue weighted by Crippen LogP contribution is -2.14. The van der Waals surface area contributed by atoms with Crippen LogP contribution in [-0.2, 0) is 5.41 Å². The molecule has 0 unspecified atom stereocenters. The highest BCUT2D eigenvalue weighted by atomic mass is 14.9. The number of hydrogen-bond donors (Lipinski definition) is 0. The molecule has 0 radical (unpaired) electrons. The van der Waals surface area contributed by atoms with Gasteiger partial charge in [0.25, 0.3) is 0 Å². The minimum atomic E-state index is -0.0609. The molecule has 1 aromatic heterocycles. The van der Waals surface area contributed by atoms with Gasteiger partial charge in [0.2, 0.25) is 0 Å². The molecule has 0 aliphatic heterocycles. The van der Waals surface area contributed by atoms with Gasteiger partial charge in [0.1, 0.15) is 0 Å². The van der Waals surface area contributed by atoms with E-state index in [9.17, 15) is 0 Å². The molecule has 0 saturated heterocycles. The molecule has 9 aromatic rings. The fraction of sp³-hybridized carbons (Fsp3) is 0.0612. The second kappa shape index (κ2) is 11.3. The number of nitrogens with zero attached hydrogens (tertiary/aromatic N) is 2. The van der Waals surface area contributed by atoms with Crippen LogP contribution in [0.1, 0.15) is 25.0 Å². The first-order valence-corrected chi connectivity index (χ1v) is 17.7. The lowest BCUT2D eigenvalue weighted by Gasteiger charge is -2.22. The average molecular weight is 651 g/mol. The van der Waals surface area contributed by atoms with E-state index in [1.165, 1.54) is 60.3 Å². The fourth-order valence-corrected chi connectivity index (χ4v) is 8.36. The number of rotatable bonds is 4. The molecule has 0 atom stereocenters. The highest BCUT2D eigenvalue weighted by Gasteiger charge is 2.35. The highest BCUT2D eigenvalue weighted by molar-refractivity contribution is 6.06. The van der Waals surface area contributed by atoms with Crippen molar-refractivity contribution in [2.24, 2.45) is 0 Å². The molecular weight excluding hydrogens is 617 g/mol. The van der Waals surface area contributed by atoms with Gasteiger partial charge in [-0.15, -0.1) is 0 Å². The van der Waals surface area contributed by atoms with Gasteiger partial charge in [0.05, 0.1) is 11.4 Å². The third kappa shape index (κ3) is 4.64. The van der Waals surface area contributed by atoms with Crippen LogP contribution in [0.15, 0.2) is 170 Å². The van der Waals surface area contributed by atoms with Gasteiger partial charge < -0.3 is 0 Å². The predicted octanol–water partition coefficient (Wildman–Crippen LogP) is 12.9. The molecular formula is C49H34N2. The Morgan fingerprint density at radius 1 is 0.353 bits per heavy atom. The van der Waals surface area contributed by atoms with Gasteiger partial charge in [-0.1, -0.05) is 172 Å². The predicted molar refractivity (Wildman–Crippen MR) is 214 cm³/mol. The third-order valence-electron chi connectivity index (χ3n) is 10.9. The van der Waals surface area contributed by atoms with Gasteiger partial charge in [-0.25, -0.2) is 9.97 Å². The van der Waals surface area contributed by atoms with Gasteiger partial charge >= 0.3 is 0 Å².